The molecule has 2 amide bonds. The monoisotopic (exact) mass is 533 g/mol. The van der Waals surface area contributed by atoms with E-state index in [0.29, 0.717) is 44.0 Å². The van der Waals surface area contributed by atoms with Crippen LogP contribution in [0.4, 0.5) is 10.6 Å². The van der Waals surface area contributed by atoms with E-state index < -0.39 is 10.0 Å². The second-order valence-corrected chi connectivity index (χ2v) is 11.6. The molecule has 38 heavy (non-hydrogen) atoms. The second kappa shape index (κ2) is 10.3. The van der Waals surface area contributed by atoms with Crippen molar-refractivity contribution in [3.05, 3.63) is 78.6 Å². The van der Waals surface area contributed by atoms with Crippen LogP contribution in [0, 0.1) is 0 Å². The summed E-state index contributed by atoms with van der Waals surface area (Å²) in [5.74, 6) is 0.513. The summed E-state index contributed by atoms with van der Waals surface area (Å²) in [7, 11) is -3.21. The number of aromatic amines is 1. The third kappa shape index (κ3) is 5.43. The number of rotatable bonds is 7. The Kier molecular flexibility index (Phi) is 6.96. The number of piperidine rings is 1. The van der Waals surface area contributed by atoms with Crippen molar-refractivity contribution in [1.82, 2.24) is 24.4 Å². The van der Waals surface area contributed by atoms with E-state index in [1.165, 1.54) is 6.26 Å². The van der Waals surface area contributed by atoms with Crippen molar-refractivity contribution >= 4 is 38.5 Å². The lowest BCUT2D eigenvalue weighted by molar-refractivity contribution is 0.251. The molecule has 4 aromatic rings. The van der Waals surface area contributed by atoms with E-state index in [0.717, 1.165) is 33.2 Å². The highest BCUT2D eigenvalue weighted by atomic mass is 32.2. The van der Waals surface area contributed by atoms with Crippen molar-refractivity contribution in [2.24, 2.45) is 5.73 Å². The van der Waals surface area contributed by atoms with Gasteiger partial charge in [-0.3, -0.25) is 10.4 Å². The van der Waals surface area contributed by atoms with Crippen LogP contribution in [0.5, 0.6) is 0 Å². The van der Waals surface area contributed by atoms with Gasteiger partial charge in [-0.05, 0) is 41.7 Å². The average molecular weight is 534 g/mol. The summed E-state index contributed by atoms with van der Waals surface area (Å²) in [6.07, 6.45) is 6.40. The maximum absolute atomic E-state index is 12.3. The molecule has 1 aliphatic heterocycles. The highest BCUT2D eigenvalue weighted by Crippen LogP contribution is 2.36. The molecule has 5 rings (SSSR count). The van der Waals surface area contributed by atoms with E-state index >= 15 is 0 Å². The first-order valence-corrected chi connectivity index (χ1v) is 14.2. The maximum atomic E-state index is 12.3. The Morgan fingerprint density at radius 3 is 2.66 bits per heavy atom. The van der Waals surface area contributed by atoms with Crippen LogP contribution in [-0.4, -0.2) is 52.9 Å². The van der Waals surface area contributed by atoms with E-state index in [-0.39, 0.29) is 12.1 Å². The normalized spacial score (nSPS) is 15.0. The van der Waals surface area contributed by atoms with E-state index in [9.17, 15) is 13.2 Å². The van der Waals surface area contributed by atoms with Gasteiger partial charge in [-0.15, -0.1) is 0 Å². The van der Waals surface area contributed by atoms with Gasteiger partial charge < -0.3 is 15.6 Å². The molecule has 198 valence electrons. The number of hydrogen-bond acceptors (Lipinski definition) is 5. The number of nitrogens with zero attached hydrogens (tertiary/aromatic N) is 3. The van der Waals surface area contributed by atoms with E-state index in [1.807, 2.05) is 30.3 Å². The SMILES string of the molecule is C=C(N)c1cccc(-c2cn(C3CCN(S(C)(=O)=O)CC3)c3cc(CNC(=O)Nc4ccn[nH]4)ccc23)c1. The highest BCUT2D eigenvalue weighted by molar-refractivity contribution is 7.88. The fraction of sp³-hybridized carbons (Fsp3) is 0.259. The predicted molar refractivity (Wildman–Crippen MR) is 150 cm³/mol. The molecule has 2 aromatic heterocycles. The van der Waals surface area contributed by atoms with Crippen LogP contribution >= 0.6 is 0 Å². The number of amides is 2. The van der Waals surface area contributed by atoms with Gasteiger partial charge >= 0.3 is 6.03 Å². The number of urea groups is 1. The Bertz CT molecular complexity index is 1580. The minimum Gasteiger partial charge on any atom is -0.399 e. The Hall–Kier alpha value is -4.09. The lowest BCUT2D eigenvalue weighted by atomic mass is 10.0. The molecule has 0 atom stereocenters. The number of benzene rings is 2. The number of fused-ring (bicyclic) bond motifs is 1. The molecule has 0 radical (unpaired) electrons. The zero-order valence-electron chi connectivity index (χ0n) is 21.1. The van der Waals surface area contributed by atoms with Crippen LogP contribution < -0.4 is 16.4 Å². The van der Waals surface area contributed by atoms with Gasteiger partial charge in [-0.25, -0.2) is 17.5 Å². The lowest BCUT2D eigenvalue weighted by Crippen LogP contribution is -2.38. The number of carbonyl (C=O) groups is 1. The minimum absolute atomic E-state index is 0.142. The number of anilines is 1. The summed E-state index contributed by atoms with van der Waals surface area (Å²) >= 11 is 0. The van der Waals surface area contributed by atoms with E-state index in [4.69, 9.17) is 5.73 Å². The third-order valence-electron chi connectivity index (χ3n) is 6.93. The Balaban J connectivity index is 1.47. The van der Waals surface area contributed by atoms with E-state index in [1.54, 1.807) is 16.6 Å². The number of carbonyl (C=O) groups excluding carboxylic acids is 1. The molecular weight excluding hydrogens is 502 g/mol. The topological polar surface area (TPSA) is 138 Å². The summed E-state index contributed by atoms with van der Waals surface area (Å²) < 4.78 is 27.9. The van der Waals surface area contributed by atoms with Gasteiger partial charge in [-0.2, -0.15) is 5.10 Å². The Morgan fingerprint density at radius 1 is 1.18 bits per heavy atom. The number of aromatic nitrogens is 3. The molecule has 0 spiro atoms. The number of H-pyrrole nitrogens is 1. The third-order valence-corrected chi connectivity index (χ3v) is 8.23. The molecule has 0 unspecified atom stereocenters. The van der Waals surface area contributed by atoms with Crippen LogP contribution in [0.3, 0.4) is 0 Å². The van der Waals surface area contributed by atoms with Crippen molar-refractivity contribution < 1.29 is 13.2 Å². The average Bonchev–Trinajstić information content (AvgIpc) is 3.55. The highest BCUT2D eigenvalue weighted by Gasteiger charge is 2.27. The molecule has 5 N–H and O–H groups in total. The van der Waals surface area contributed by atoms with Gasteiger partial charge in [0.2, 0.25) is 10.0 Å². The van der Waals surface area contributed by atoms with Crippen LogP contribution in [0.2, 0.25) is 0 Å². The molecule has 1 aliphatic rings. The Labute approximate surface area is 221 Å². The van der Waals surface area contributed by atoms with Gasteiger partial charge in [0.25, 0.3) is 0 Å². The fourth-order valence-corrected chi connectivity index (χ4v) is 5.83. The molecular formula is C27H31N7O3S. The first-order chi connectivity index (χ1) is 18.2. The number of sulfonamides is 1. The van der Waals surface area contributed by atoms with Crippen LogP contribution in [-0.2, 0) is 16.6 Å². The van der Waals surface area contributed by atoms with Crippen LogP contribution in [0.15, 0.2) is 67.5 Å². The number of nitrogens with two attached hydrogens (primary N) is 1. The Morgan fingerprint density at radius 2 is 1.97 bits per heavy atom. The maximum Gasteiger partial charge on any atom is 0.320 e. The van der Waals surface area contributed by atoms with Gasteiger partial charge in [-0.1, -0.05) is 36.9 Å². The van der Waals surface area contributed by atoms with Crippen molar-refractivity contribution in [3.63, 3.8) is 0 Å². The van der Waals surface area contributed by atoms with Crippen molar-refractivity contribution in [2.75, 3.05) is 24.7 Å². The van der Waals surface area contributed by atoms with Crippen molar-refractivity contribution in [2.45, 2.75) is 25.4 Å². The fourth-order valence-electron chi connectivity index (χ4n) is 4.95. The predicted octanol–water partition coefficient (Wildman–Crippen LogP) is 3.88. The van der Waals surface area contributed by atoms with Gasteiger partial charge in [0.05, 0.1) is 12.5 Å². The summed E-state index contributed by atoms with van der Waals surface area (Å²) in [4.78, 5) is 12.3. The van der Waals surface area contributed by atoms with Crippen molar-refractivity contribution in [3.8, 4) is 11.1 Å². The summed E-state index contributed by atoms with van der Waals surface area (Å²) in [6.45, 7) is 5.17. The number of nitrogens with one attached hydrogen (secondary N) is 3. The quantitative estimate of drug-likeness (QED) is 0.286. The zero-order valence-corrected chi connectivity index (χ0v) is 22.0. The molecule has 11 heteroatoms. The summed E-state index contributed by atoms with van der Waals surface area (Å²) in [5, 5.41) is 13.2. The standard InChI is InChI=1S/C27H31N7O3S/c1-18(28)20-4-3-5-21(15-20)24-17-34(22-9-12-33(13-10-22)38(2,36)37)25-14-19(6-7-23(24)25)16-29-27(35)31-26-8-11-30-32-26/h3-8,11,14-15,17,22H,1,9-10,12-13,16,28H2,2H3,(H3,29,30,31,32,35). The summed E-state index contributed by atoms with van der Waals surface area (Å²) in [5.41, 5.74) is 11.4. The molecule has 1 fully saturated rings. The number of hydrogen-bond donors (Lipinski definition) is 4. The minimum atomic E-state index is -3.21. The van der Waals surface area contributed by atoms with Crippen LogP contribution in [0.25, 0.3) is 27.7 Å². The van der Waals surface area contributed by atoms with Crippen molar-refractivity contribution in [1.29, 1.82) is 0 Å². The molecule has 0 saturated carbocycles. The molecule has 0 bridgehead atoms. The molecule has 3 heterocycles. The molecule has 10 nitrogen and oxygen atoms in total. The van der Waals surface area contributed by atoms with Gasteiger partial charge in [0.1, 0.15) is 5.82 Å². The largest absolute Gasteiger partial charge is 0.399 e. The molecule has 0 aliphatic carbocycles. The first kappa shape index (κ1) is 25.6. The lowest BCUT2D eigenvalue weighted by Gasteiger charge is -2.31. The molecule has 1 saturated heterocycles. The van der Waals surface area contributed by atoms with Gasteiger partial charge in [0.15, 0.2) is 0 Å². The summed E-state index contributed by atoms with van der Waals surface area (Å²) in [6, 6.07) is 15.6. The first-order valence-electron chi connectivity index (χ1n) is 12.4. The second-order valence-electron chi connectivity index (χ2n) is 9.58. The smallest absolute Gasteiger partial charge is 0.320 e. The van der Waals surface area contributed by atoms with E-state index in [2.05, 4.69) is 50.3 Å². The van der Waals surface area contributed by atoms with Crippen LogP contribution in [0.1, 0.15) is 30.0 Å². The van der Waals surface area contributed by atoms with Gasteiger partial charge in [0, 0.05) is 60.1 Å². The molecule has 2 aromatic carbocycles. The zero-order chi connectivity index (χ0) is 26.9.